The minimum atomic E-state index is -0.345. The molecule has 174 valence electrons. The zero-order valence-electron chi connectivity index (χ0n) is 18.9. The van der Waals surface area contributed by atoms with Gasteiger partial charge in [-0.25, -0.2) is 0 Å². The van der Waals surface area contributed by atoms with Crippen LogP contribution in [0.15, 0.2) is 41.0 Å². The fraction of sp³-hybridized carbons (Fsp3) is 0.500. The number of ether oxygens (including phenoxy) is 2. The van der Waals surface area contributed by atoms with Gasteiger partial charge in [-0.05, 0) is 70.1 Å². The molecule has 0 spiro atoms. The molecule has 3 rings (SSSR count). The van der Waals surface area contributed by atoms with Crippen LogP contribution in [-0.2, 0) is 4.79 Å². The second-order valence-corrected chi connectivity index (χ2v) is 7.64. The van der Waals surface area contributed by atoms with Gasteiger partial charge in [0.1, 0.15) is 5.76 Å². The summed E-state index contributed by atoms with van der Waals surface area (Å²) in [7, 11) is 0. The average molecular weight is 444 g/mol. The summed E-state index contributed by atoms with van der Waals surface area (Å²) in [5, 5.41) is 5.61. The molecular weight excluding hydrogens is 410 g/mol. The Kier molecular flexibility index (Phi) is 8.98. The maximum atomic E-state index is 12.5. The van der Waals surface area contributed by atoms with Crippen LogP contribution in [0.3, 0.4) is 0 Å². The Hall–Kier alpha value is -3.00. The van der Waals surface area contributed by atoms with Gasteiger partial charge in [-0.2, -0.15) is 0 Å². The molecule has 0 radical (unpaired) electrons. The number of amides is 2. The molecule has 0 aliphatic carbocycles. The van der Waals surface area contributed by atoms with Crippen molar-refractivity contribution in [3.8, 4) is 11.5 Å². The van der Waals surface area contributed by atoms with E-state index in [4.69, 9.17) is 13.9 Å². The first kappa shape index (κ1) is 23.7. The van der Waals surface area contributed by atoms with Gasteiger partial charge in [-0.15, -0.1) is 0 Å². The van der Waals surface area contributed by atoms with Gasteiger partial charge >= 0.3 is 0 Å². The number of rotatable bonds is 11. The van der Waals surface area contributed by atoms with Crippen LogP contribution in [0.4, 0.5) is 0 Å². The standard InChI is InChI=1S/C24H33N3O5/c1-3-30-21-11-10-18(15-22(21)31-4-2)24(29)26-17-23(28)25-16-19(20-9-8-14-32-20)27-12-6-5-7-13-27/h8-11,14-15,19H,3-7,12-13,16-17H2,1-2H3,(H,25,28)(H,26,29)/t19-/m1/s1. The number of nitrogens with one attached hydrogen (secondary N) is 2. The van der Waals surface area contributed by atoms with Gasteiger partial charge in [0.25, 0.3) is 5.91 Å². The highest BCUT2D eigenvalue weighted by Crippen LogP contribution is 2.28. The maximum absolute atomic E-state index is 12.5. The molecule has 8 nitrogen and oxygen atoms in total. The van der Waals surface area contributed by atoms with Gasteiger partial charge < -0.3 is 24.5 Å². The van der Waals surface area contributed by atoms with Gasteiger partial charge in [-0.3, -0.25) is 14.5 Å². The van der Waals surface area contributed by atoms with Crippen molar-refractivity contribution < 1.29 is 23.5 Å². The Morgan fingerprint density at radius 2 is 1.78 bits per heavy atom. The van der Waals surface area contributed by atoms with E-state index in [9.17, 15) is 9.59 Å². The average Bonchev–Trinajstić information content (AvgIpc) is 3.34. The fourth-order valence-electron chi connectivity index (χ4n) is 3.85. The SMILES string of the molecule is CCOc1ccc(C(=O)NCC(=O)NC[C@H](c2ccco2)N2CCCCC2)cc1OCC. The third-order valence-electron chi connectivity index (χ3n) is 5.41. The summed E-state index contributed by atoms with van der Waals surface area (Å²) >= 11 is 0. The predicted molar refractivity (Wildman–Crippen MR) is 121 cm³/mol. The van der Waals surface area contributed by atoms with Crippen molar-refractivity contribution in [1.82, 2.24) is 15.5 Å². The van der Waals surface area contributed by atoms with Crippen LogP contribution >= 0.6 is 0 Å². The molecule has 1 aliphatic heterocycles. The summed E-state index contributed by atoms with van der Waals surface area (Å²) in [6, 6.07) is 8.78. The van der Waals surface area contributed by atoms with E-state index < -0.39 is 0 Å². The summed E-state index contributed by atoms with van der Waals surface area (Å²) in [4.78, 5) is 27.3. The first-order valence-corrected chi connectivity index (χ1v) is 11.3. The molecule has 0 bridgehead atoms. The number of hydrogen-bond donors (Lipinski definition) is 2. The van der Waals surface area contributed by atoms with E-state index in [1.807, 2.05) is 26.0 Å². The van der Waals surface area contributed by atoms with Crippen LogP contribution in [0.25, 0.3) is 0 Å². The van der Waals surface area contributed by atoms with E-state index in [-0.39, 0.29) is 24.4 Å². The summed E-state index contributed by atoms with van der Waals surface area (Å²) in [5.41, 5.74) is 0.409. The molecule has 1 aromatic heterocycles. The van der Waals surface area contributed by atoms with Crippen molar-refractivity contribution in [2.75, 3.05) is 39.4 Å². The maximum Gasteiger partial charge on any atom is 0.251 e. The second-order valence-electron chi connectivity index (χ2n) is 7.64. The van der Waals surface area contributed by atoms with Crippen LogP contribution in [0.2, 0.25) is 0 Å². The summed E-state index contributed by atoms with van der Waals surface area (Å²) in [6.07, 6.45) is 5.18. The summed E-state index contributed by atoms with van der Waals surface area (Å²) in [5.74, 6) is 1.35. The lowest BCUT2D eigenvalue weighted by atomic mass is 10.1. The summed E-state index contributed by atoms with van der Waals surface area (Å²) < 4.78 is 16.7. The monoisotopic (exact) mass is 443 g/mol. The minimum Gasteiger partial charge on any atom is -0.490 e. The Morgan fingerprint density at radius 1 is 1.03 bits per heavy atom. The Morgan fingerprint density at radius 3 is 2.47 bits per heavy atom. The molecular formula is C24H33N3O5. The molecule has 0 saturated carbocycles. The van der Waals surface area contributed by atoms with Crippen molar-refractivity contribution in [3.63, 3.8) is 0 Å². The highest BCUT2D eigenvalue weighted by Gasteiger charge is 2.25. The van der Waals surface area contributed by atoms with E-state index >= 15 is 0 Å². The van der Waals surface area contributed by atoms with E-state index in [1.54, 1.807) is 24.5 Å². The molecule has 2 heterocycles. The topological polar surface area (TPSA) is 93.0 Å². The smallest absolute Gasteiger partial charge is 0.251 e. The number of carbonyl (C=O) groups is 2. The number of hydrogen-bond acceptors (Lipinski definition) is 6. The molecule has 1 aliphatic rings. The normalized spacial score (nSPS) is 15.1. The third kappa shape index (κ3) is 6.50. The Balaban J connectivity index is 1.53. The van der Waals surface area contributed by atoms with Crippen LogP contribution in [0.5, 0.6) is 11.5 Å². The number of likely N-dealkylation sites (tertiary alicyclic amines) is 1. The molecule has 32 heavy (non-hydrogen) atoms. The van der Waals surface area contributed by atoms with Gasteiger partial charge in [-0.1, -0.05) is 6.42 Å². The highest BCUT2D eigenvalue weighted by molar-refractivity contribution is 5.97. The van der Waals surface area contributed by atoms with E-state index in [2.05, 4.69) is 15.5 Å². The third-order valence-corrected chi connectivity index (χ3v) is 5.41. The van der Waals surface area contributed by atoms with Crippen molar-refractivity contribution in [2.45, 2.75) is 39.2 Å². The molecule has 2 N–H and O–H groups in total. The first-order valence-electron chi connectivity index (χ1n) is 11.3. The fourth-order valence-corrected chi connectivity index (χ4v) is 3.85. The van der Waals surface area contributed by atoms with Crippen LogP contribution in [0, 0.1) is 0 Å². The van der Waals surface area contributed by atoms with Gasteiger partial charge in [0, 0.05) is 12.1 Å². The van der Waals surface area contributed by atoms with Crippen LogP contribution in [-0.4, -0.2) is 56.1 Å². The Bertz CT molecular complexity index is 863. The van der Waals surface area contributed by atoms with Gasteiger partial charge in [0.15, 0.2) is 11.5 Å². The Labute approximate surface area is 189 Å². The van der Waals surface area contributed by atoms with Gasteiger partial charge in [0.2, 0.25) is 5.91 Å². The number of furan rings is 1. The van der Waals surface area contributed by atoms with Crippen molar-refractivity contribution in [3.05, 3.63) is 47.9 Å². The first-order chi connectivity index (χ1) is 15.6. The molecule has 8 heteroatoms. The highest BCUT2D eigenvalue weighted by atomic mass is 16.5. The molecule has 1 aromatic carbocycles. The lowest BCUT2D eigenvalue weighted by molar-refractivity contribution is -0.120. The van der Waals surface area contributed by atoms with Gasteiger partial charge in [0.05, 0.1) is 32.1 Å². The predicted octanol–water partition coefficient (Wildman–Crippen LogP) is 3.15. The molecule has 1 atom stereocenters. The number of benzene rings is 1. The lowest BCUT2D eigenvalue weighted by Gasteiger charge is -2.33. The quantitative estimate of drug-likeness (QED) is 0.554. The molecule has 1 saturated heterocycles. The van der Waals surface area contributed by atoms with E-state index in [1.165, 1.54) is 6.42 Å². The zero-order valence-corrected chi connectivity index (χ0v) is 18.9. The molecule has 0 unspecified atom stereocenters. The van der Waals surface area contributed by atoms with Crippen molar-refractivity contribution in [1.29, 1.82) is 0 Å². The van der Waals surface area contributed by atoms with Crippen LogP contribution < -0.4 is 20.1 Å². The van der Waals surface area contributed by atoms with Crippen molar-refractivity contribution in [2.24, 2.45) is 0 Å². The largest absolute Gasteiger partial charge is 0.490 e. The second kappa shape index (κ2) is 12.1. The molecule has 2 aromatic rings. The van der Waals surface area contributed by atoms with E-state index in [0.29, 0.717) is 36.8 Å². The van der Waals surface area contributed by atoms with Crippen molar-refractivity contribution >= 4 is 11.8 Å². The zero-order chi connectivity index (χ0) is 22.8. The minimum absolute atomic E-state index is 0.00943. The number of carbonyl (C=O) groups excluding carboxylic acids is 2. The van der Waals surface area contributed by atoms with E-state index in [0.717, 1.165) is 31.7 Å². The number of nitrogens with zero attached hydrogens (tertiary/aromatic N) is 1. The van der Waals surface area contributed by atoms with Crippen LogP contribution in [0.1, 0.15) is 55.3 Å². The number of piperidine rings is 1. The summed E-state index contributed by atoms with van der Waals surface area (Å²) in [6.45, 7) is 7.00. The lowest BCUT2D eigenvalue weighted by Crippen LogP contribution is -2.43. The molecule has 1 fully saturated rings. The molecule has 2 amide bonds.